The quantitative estimate of drug-likeness (QED) is 0.684. The number of carbonyl (C=O) groups is 1. The predicted molar refractivity (Wildman–Crippen MR) is 123 cm³/mol. The molecule has 1 aliphatic heterocycles. The van der Waals surface area contributed by atoms with Gasteiger partial charge < -0.3 is 20.4 Å². The number of likely N-dealkylation sites (N-methyl/N-ethyl adjacent to an activating group) is 1. The van der Waals surface area contributed by atoms with Crippen molar-refractivity contribution in [2.24, 2.45) is 0 Å². The van der Waals surface area contributed by atoms with Crippen molar-refractivity contribution in [1.29, 1.82) is 0 Å². The van der Waals surface area contributed by atoms with Crippen molar-refractivity contribution in [1.82, 2.24) is 4.90 Å². The van der Waals surface area contributed by atoms with E-state index < -0.39 is 0 Å². The third-order valence-corrected chi connectivity index (χ3v) is 6.20. The summed E-state index contributed by atoms with van der Waals surface area (Å²) in [6, 6.07) is 11.2. The first kappa shape index (κ1) is 21.6. The van der Waals surface area contributed by atoms with Gasteiger partial charge in [-0.15, -0.1) is 0 Å². The van der Waals surface area contributed by atoms with E-state index in [2.05, 4.69) is 29.7 Å². The number of halogens is 2. The summed E-state index contributed by atoms with van der Waals surface area (Å²) in [6.45, 7) is 7.23. The summed E-state index contributed by atoms with van der Waals surface area (Å²) in [6.07, 6.45) is 0.421. The zero-order valence-electron chi connectivity index (χ0n) is 17.2. The Balaban J connectivity index is 2.06. The molecule has 1 amide bonds. The van der Waals surface area contributed by atoms with Crippen LogP contribution in [0.5, 0.6) is 0 Å². The van der Waals surface area contributed by atoms with Crippen LogP contribution in [0, 0.1) is 0 Å². The molecular weight excluding hydrogens is 407 g/mol. The van der Waals surface area contributed by atoms with Crippen LogP contribution < -0.4 is 15.5 Å². The number of benzene rings is 2. The zero-order valence-corrected chi connectivity index (χ0v) is 18.7. The molecule has 0 saturated carbocycles. The normalized spacial score (nSPS) is 17.4. The molecule has 1 saturated heterocycles. The Morgan fingerprint density at radius 1 is 1.17 bits per heavy atom. The highest BCUT2D eigenvalue weighted by Crippen LogP contribution is 2.39. The number of para-hydroxylation sites is 1. The Morgan fingerprint density at radius 3 is 2.55 bits per heavy atom. The van der Waals surface area contributed by atoms with Gasteiger partial charge >= 0.3 is 0 Å². The fraction of sp³-hybridized carbons (Fsp3) is 0.409. The van der Waals surface area contributed by atoms with E-state index in [4.69, 9.17) is 28.9 Å². The predicted octanol–water partition coefficient (Wildman–Crippen LogP) is 4.83. The first-order valence-corrected chi connectivity index (χ1v) is 10.7. The number of hydrogen-bond acceptors (Lipinski definition) is 4. The summed E-state index contributed by atoms with van der Waals surface area (Å²) in [7, 11) is 1.83. The van der Waals surface area contributed by atoms with E-state index in [1.807, 2.05) is 31.3 Å². The fourth-order valence-corrected chi connectivity index (χ4v) is 4.53. The summed E-state index contributed by atoms with van der Waals surface area (Å²) in [5.41, 5.74) is 10.1. The number of nitrogen functional groups attached to an aromatic ring is 1. The molecule has 1 unspecified atom stereocenters. The molecule has 156 valence electrons. The third kappa shape index (κ3) is 4.41. The number of carbonyl (C=O) groups excluding carboxylic acids is 1. The highest BCUT2D eigenvalue weighted by Gasteiger charge is 2.31. The summed E-state index contributed by atoms with van der Waals surface area (Å²) < 4.78 is 0. The van der Waals surface area contributed by atoms with Crippen molar-refractivity contribution in [2.45, 2.75) is 26.3 Å². The first-order valence-electron chi connectivity index (χ1n) is 9.96. The Hall–Kier alpha value is -2.11. The van der Waals surface area contributed by atoms with Crippen LogP contribution in [0.25, 0.3) is 0 Å². The molecule has 29 heavy (non-hydrogen) atoms. The minimum Gasteiger partial charge on any atom is -0.397 e. The first-order chi connectivity index (χ1) is 13.9. The van der Waals surface area contributed by atoms with Crippen molar-refractivity contribution in [3.63, 3.8) is 0 Å². The lowest BCUT2D eigenvalue weighted by molar-refractivity contribution is -0.131. The van der Waals surface area contributed by atoms with Crippen molar-refractivity contribution >= 4 is 46.2 Å². The van der Waals surface area contributed by atoms with Gasteiger partial charge in [-0.25, -0.2) is 0 Å². The molecule has 2 aromatic rings. The monoisotopic (exact) mass is 434 g/mol. The van der Waals surface area contributed by atoms with E-state index in [9.17, 15) is 4.79 Å². The summed E-state index contributed by atoms with van der Waals surface area (Å²) >= 11 is 12.6. The van der Waals surface area contributed by atoms with Crippen LogP contribution in [-0.4, -0.2) is 44.0 Å². The number of hydrogen-bond donors (Lipinski definition) is 1. The molecule has 0 radical (unpaired) electrons. The lowest BCUT2D eigenvalue weighted by atomic mass is 10.0. The van der Waals surface area contributed by atoms with Crippen LogP contribution in [0.15, 0.2) is 36.4 Å². The van der Waals surface area contributed by atoms with Gasteiger partial charge in [0.2, 0.25) is 5.91 Å². The largest absolute Gasteiger partial charge is 0.397 e. The number of rotatable bonds is 5. The highest BCUT2D eigenvalue weighted by molar-refractivity contribution is 6.35. The lowest BCUT2D eigenvalue weighted by Gasteiger charge is -2.34. The van der Waals surface area contributed by atoms with Crippen LogP contribution >= 0.6 is 23.2 Å². The van der Waals surface area contributed by atoms with Crippen molar-refractivity contribution in [3.8, 4) is 0 Å². The Kier molecular flexibility index (Phi) is 6.81. The average Bonchev–Trinajstić information content (AvgIpc) is 2.83. The van der Waals surface area contributed by atoms with Crippen LogP contribution in [-0.2, 0) is 4.79 Å². The lowest BCUT2D eigenvalue weighted by Crippen LogP contribution is -2.35. The van der Waals surface area contributed by atoms with Gasteiger partial charge in [-0.05, 0) is 43.7 Å². The van der Waals surface area contributed by atoms with E-state index in [0.717, 1.165) is 30.0 Å². The Labute approximate surface area is 183 Å². The van der Waals surface area contributed by atoms with Gasteiger partial charge in [-0.2, -0.15) is 0 Å². The third-order valence-electron chi connectivity index (χ3n) is 5.64. The number of nitrogens with two attached hydrogens (primary N) is 1. The molecule has 2 aromatic carbocycles. The van der Waals surface area contributed by atoms with E-state index in [0.29, 0.717) is 35.2 Å². The molecule has 0 aromatic heterocycles. The minimum absolute atomic E-state index is 0.0856. The molecule has 1 atom stereocenters. The Bertz CT molecular complexity index is 885. The van der Waals surface area contributed by atoms with Gasteiger partial charge in [0, 0.05) is 49.7 Å². The molecule has 2 N–H and O–H groups in total. The van der Waals surface area contributed by atoms with Gasteiger partial charge in [0.15, 0.2) is 0 Å². The van der Waals surface area contributed by atoms with E-state index in [1.165, 1.54) is 0 Å². The maximum Gasteiger partial charge on any atom is 0.224 e. The van der Waals surface area contributed by atoms with E-state index in [-0.39, 0.29) is 11.9 Å². The minimum atomic E-state index is -0.195. The van der Waals surface area contributed by atoms with Gasteiger partial charge in [0.25, 0.3) is 0 Å². The smallest absolute Gasteiger partial charge is 0.224 e. The molecule has 5 nitrogen and oxygen atoms in total. The molecular formula is C22H28Cl2N4O. The van der Waals surface area contributed by atoms with Crippen LogP contribution in [0.4, 0.5) is 17.1 Å². The van der Waals surface area contributed by atoms with Gasteiger partial charge in [0.1, 0.15) is 0 Å². The van der Waals surface area contributed by atoms with Gasteiger partial charge in [0.05, 0.1) is 23.1 Å². The fourth-order valence-electron chi connectivity index (χ4n) is 4.00. The maximum atomic E-state index is 12.8. The number of anilines is 3. The van der Waals surface area contributed by atoms with Crippen molar-refractivity contribution in [2.75, 3.05) is 48.8 Å². The molecule has 1 fully saturated rings. The summed E-state index contributed by atoms with van der Waals surface area (Å²) in [4.78, 5) is 19.0. The second-order valence-corrected chi connectivity index (χ2v) is 8.11. The van der Waals surface area contributed by atoms with E-state index >= 15 is 0 Å². The molecule has 7 heteroatoms. The van der Waals surface area contributed by atoms with Crippen molar-refractivity contribution in [3.05, 3.63) is 52.0 Å². The van der Waals surface area contributed by atoms with Crippen LogP contribution in [0.2, 0.25) is 10.0 Å². The molecule has 0 aliphatic carbocycles. The summed E-state index contributed by atoms with van der Waals surface area (Å²) in [5.74, 6) is 0.0856. The SMILES string of the molecule is CCN(CC)c1cccc(N)c1N1CCC(=O)N(C)C(c2ccc(Cl)cc2Cl)C1. The maximum absolute atomic E-state index is 12.8. The molecule has 1 heterocycles. The zero-order chi connectivity index (χ0) is 21.1. The molecule has 1 aliphatic rings. The molecule has 3 rings (SSSR count). The van der Waals surface area contributed by atoms with Crippen molar-refractivity contribution < 1.29 is 4.79 Å². The van der Waals surface area contributed by atoms with Crippen LogP contribution in [0.1, 0.15) is 31.9 Å². The number of nitrogens with zero attached hydrogens (tertiary/aromatic N) is 3. The van der Waals surface area contributed by atoms with Gasteiger partial charge in [-0.3, -0.25) is 4.79 Å². The number of amides is 1. The molecule has 0 bridgehead atoms. The summed E-state index contributed by atoms with van der Waals surface area (Å²) in [5, 5.41) is 1.14. The second-order valence-electron chi connectivity index (χ2n) is 7.27. The second kappa shape index (κ2) is 9.14. The average molecular weight is 435 g/mol. The highest BCUT2D eigenvalue weighted by atomic mass is 35.5. The molecule has 0 spiro atoms. The van der Waals surface area contributed by atoms with E-state index in [1.54, 1.807) is 11.0 Å². The van der Waals surface area contributed by atoms with Gasteiger partial charge in [-0.1, -0.05) is 35.3 Å². The Morgan fingerprint density at radius 2 is 1.90 bits per heavy atom. The van der Waals surface area contributed by atoms with Crippen LogP contribution in [0.3, 0.4) is 0 Å². The topological polar surface area (TPSA) is 52.8 Å². The standard InChI is InChI=1S/C22H28Cl2N4O/c1-4-27(5-2)19-8-6-7-18(25)22(19)28-12-11-21(29)26(3)20(14-28)16-10-9-15(23)13-17(16)24/h6-10,13,20H,4-5,11-12,14,25H2,1-3H3.